The number of hydrogen-bond acceptors (Lipinski definition) is 5. The van der Waals surface area contributed by atoms with Crippen LogP contribution in [0.15, 0.2) is 18.3 Å². The fourth-order valence-electron chi connectivity index (χ4n) is 1.39. The van der Waals surface area contributed by atoms with Crippen LogP contribution in [0.4, 0.5) is 0 Å². The van der Waals surface area contributed by atoms with Crippen molar-refractivity contribution in [2.75, 3.05) is 40.6 Å². The molecule has 1 aromatic heterocycles. The van der Waals surface area contributed by atoms with Crippen LogP contribution in [-0.4, -0.2) is 45.6 Å². The number of aromatic nitrogens is 1. The smallest absolute Gasteiger partial charge is 0.213 e. The molecule has 0 saturated heterocycles. The Morgan fingerprint density at radius 1 is 1.28 bits per heavy atom. The summed E-state index contributed by atoms with van der Waals surface area (Å²) >= 11 is 0. The lowest BCUT2D eigenvalue weighted by Gasteiger charge is -2.12. The number of nitrogens with one attached hydrogen (secondary N) is 1. The van der Waals surface area contributed by atoms with Gasteiger partial charge in [0.2, 0.25) is 5.88 Å². The maximum atomic E-state index is 5.52. The van der Waals surface area contributed by atoms with Crippen molar-refractivity contribution in [1.29, 1.82) is 0 Å². The third-order valence-electron chi connectivity index (χ3n) is 2.60. The number of pyridine rings is 1. The first-order valence-electron chi connectivity index (χ1n) is 6.10. The summed E-state index contributed by atoms with van der Waals surface area (Å²) in [6, 6.07) is 4.20. The largest absolute Gasteiger partial charge is 0.475 e. The second kappa shape index (κ2) is 8.85. The summed E-state index contributed by atoms with van der Waals surface area (Å²) in [4.78, 5) is 4.16. The molecule has 0 aliphatic carbocycles. The van der Waals surface area contributed by atoms with Gasteiger partial charge in [-0.3, -0.25) is 0 Å². The molecule has 0 saturated carbocycles. The summed E-state index contributed by atoms with van der Waals surface area (Å²) in [6.07, 6.45) is 1.75. The molecule has 5 heteroatoms. The molecule has 0 aromatic carbocycles. The van der Waals surface area contributed by atoms with Crippen LogP contribution in [0.5, 0.6) is 5.88 Å². The first-order valence-corrected chi connectivity index (χ1v) is 6.10. The lowest BCUT2D eigenvalue weighted by Crippen LogP contribution is -2.13. The van der Waals surface area contributed by atoms with Crippen molar-refractivity contribution in [3.63, 3.8) is 0 Å². The van der Waals surface area contributed by atoms with E-state index in [1.54, 1.807) is 13.3 Å². The first-order chi connectivity index (χ1) is 8.77. The van der Waals surface area contributed by atoms with Crippen molar-refractivity contribution in [3.8, 4) is 5.88 Å². The van der Waals surface area contributed by atoms with Gasteiger partial charge in [0, 0.05) is 25.4 Å². The maximum absolute atomic E-state index is 5.52. The molecule has 5 nitrogen and oxygen atoms in total. The molecule has 0 amide bonds. The fraction of sp³-hybridized carbons (Fsp3) is 0.615. The number of hydrogen-bond donors (Lipinski definition) is 1. The van der Waals surface area contributed by atoms with E-state index < -0.39 is 0 Å². The quantitative estimate of drug-likeness (QED) is 0.675. The van der Waals surface area contributed by atoms with Crippen molar-refractivity contribution in [1.82, 2.24) is 10.3 Å². The molecular weight excluding hydrogens is 232 g/mol. The standard InChI is InChI=1S/C13H22N2O3/c1-11(14-2)12-4-5-15-13(10-12)18-9-8-17-7-6-16-3/h4-5,10-11,14H,6-9H2,1-3H3. The summed E-state index contributed by atoms with van der Waals surface area (Å²) in [6.45, 7) is 4.31. The van der Waals surface area contributed by atoms with Crippen molar-refractivity contribution in [2.24, 2.45) is 0 Å². The van der Waals surface area contributed by atoms with E-state index in [0.29, 0.717) is 32.3 Å². The highest BCUT2D eigenvalue weighted by atomic mass is 16.5. The average Bonchev–Trinajstić information content (AvgIpc) is 2.42. The van der Waals surface area contributed by atoms with Gasteiger partial charge in [0.1, 0.15) is 6.61 Å². The minimum Gasteiger partial charge on any atom is -0.475 e. The highest BCUT2D eigenvalue weighted by molar-refractivity contribution is 5.23. The van der Waals surface area contributed by atoms with Gasteiger partial charge in [-0.2, -0.15) is 0 Å². The Morgan fingerprint density at radius 2 is 2.06 bits per heavy atom. The number of rotatable bonds is 9. The van der Waals surface area contributed by atoms with Crippen LogP contribution in [0.2, 0.25) is 0 Å². The molecule has 0 radical (unpaired) electrons. The van der Waals surface area contributed by atoms with Gasteiger partial charge in [-0.1, -0.05) is 0 Å². The molecule has 1 heterocycles. The third-order valence-corrected chi connectivity index (χ3v) is 2.60. The van der Waals surface area contributed by atoms with Crippen LogP contribution in [-0.2, 0) is 9.47 Å². The molecule has 1 atom stereocenters. The fourth-order valence-corrected chi connectivity index (χ4v) is 1.39. The summed E-state index contributed by atoms with van der Waals surface area (Å²) in [5.74, 6) is 0.630. The third kappa shape index (κ3) is 5.44. The summed E-state index contributed by atoms with van der Waals surface area (Å²) in [5, 5.41) is 3.18. The first kappa shape index (κ1) is 14.9. The van der Waals surface area contributed by atoms with Crippen molar-refractivity contribution >= 4 is 0 Å². The number of methoxy groups -OCH3 is 1. The number of nitrogens with zero attached hydrogens (tertiary/aromatic N) is 1. The Bertz CT molecular complexity index is 334. The Kier molecular flexibility index (Phi) is 7.32. The van der Waals surface area contributed by atoms with Gasteiger partial charge < -0.3 is 19.5 Å². The topological polar surface area (TPSA) is 52.6 Å². The minimum absolute atomic E-state index is 0.285. The van der Waals surface area contributed by atoms with Crippen LogP contribution in [0, 0.1) is 0 Å². The summed E-state index contributed by atoms with van der Waals surface area (Å²) in [7, 11) is 3.58. The maximum Gasteiger partial charge on any atom is 0.213 e. The van der Waals surface area contributed by atoms with Crippen LogP contribution < -0.4 is 10.1 Å². The number of ether oxygens (including phenoxy) is 3. The molecule has 0 fully saturated rings. The van der Waals surface area contributed by atoms with E-state index in [0.717, 1.165) is 5.56 Å². The van der Waals surface area contributed by atoms with Crippen LogP contribution in [0.3, 0.4) is 0 Å². The molecule has 1 rings (SSSR count). The molecule has 1 unspecified atom stereocenters. The molecule has 0 bridgehead atoms. The van der Waals surface area contributed by atoms with Gasteiger partial charge in [0.05, 0.1) is 19.8 Å². The predicted octanol–water partition coefficient (Wildman–Crippen LogP) is 1.40. The van der Waals surface area contributed by atoms with Crippen LogP contribution in [0.1, 0.15) is 18.5 Å². The van der Waals surface area contributed by atoms with Gasteiger partial charge >= 0.3 is 0 Å². The molecule has 18 heavy (non-hydrogen) atoms. The van der Waals surface area contributed by atoms with Crippen molar-refractivity contribution in [3.05, 3.63) is 23.9 Å². The average molecular weight is 254 g/mol. The lowest BCUT2D eigenvalue weighted by atomic mass is 10.1. The minimum atomic E-state index is 0.285. The Balaban J connectivity index is 2.29. The normalized spacial score (nSPS) is 12.4. The summed E-state index contributed by atoms with van der Waals surface area (Å²) < 4.78 is 15.7. The zero-order valence-corrected chi connectivity index (χ0v) is 11.3. The monoisotopic (exact) mass is 254 g/mol. The highest BCUT2D eigenvalue weighted by Crippen LogP contribution is 2.15. The van der Waals surface area contributed by atoms with E-state index in [2.05, 4.69) is 17.2 Å². The van der Waals surface area contributed by atoms with Crippen molar-refractivity contribution in [2.45, 2.75) is 13.0 Å². The van der Waals surface area contributed by atoms with Crippen LogP contribution in [0.25, 0.3) is 0 Å². The lowest BCUT2D eigenvalue weighted by molar-refractivity contribution is 0.0536. The van der Waals surface area contributed by atoms with Gasteiger partial charge in [0.25, 0.3) is 0 Å². The van der Waals surface area contributed by atoms with Gasteiger partial charge in [-0.25, -0.2) is 4.98 Å². The molecule has 1 aromatic rings. The Labute approximate surface area is 108 Å². The Morgan fingerprint density at radius 3 is 2.78 bits per heavy atom. The van der Waals surface area contributed by atoms with E-state index in [1.165, 1.54) is 0 Å². The SMILES string of the molecule is CNC(C)c1ccnc(OCCOCCOC)c1. The zero-order chi connectivity index (χ0) is 13.2. The van der Waals surface area contributed by atoms with Crippen LogP contribution >= 0.6 is 0 Å². The second-order valence-corrected chi connectivity index (χ2v) is 3.89. The molecule has 0 spiro atoms. The molecule has 102 valence electrons. The Hall–Kier alpha value is -1.17. The second-order valence-electron chi connectivity index (χ2n) is 3.89. The van der Waals surface area contributed by atoms with Crippen molar-refractivity contribution < 1.29 is 14.2 Å². The summed E-state index contributed by atoms with van der Waals surface area (Å²) in [5.41, 5.74) is 1.16. The van der Waals surface area contributed by atoms with Gasteiger partial charge in [0.15, 0.2) is 0 Å². The van der Waals surface area contributed by atoms with Gasteiger partial charge in [-0.05, 0) is 25.6 Å². The molecule has 0 aliphatic heterocycles. The van der Waals surface area contributed by atoms with E-state index in [4.69, 9.17) is 14.2 Å². The molecule has 1 N–H and O–H groups in total. The molecule has 0 aliphatic rings. The zero-order valence-electron chi connectivity index (χ0n) is 11.3. The van der Waals surface area contributed by atoms with E-state index in [-0.39, 0.29) is 6.04 Å². The highest BCUT2D eigenvalue weighted by Gasteiger charge is 2.04. The van der Waals surface area contributed by atoms with E-state index >= 15 is 0 Å². The van der Waals surface area contributed by atoms with E-state index in [9.17, 15) is 0 Å². The molecular formula is C13H22N2O3. The van der Waals surface area contributed by atoms with Gasteiger partial charge in [-0.15, -0.1) is 0 Å². The van der Waals surface area contributed by atoms with E-state index in [1.807, 2.05) is 19.2 Å². The predicted molar refractivity (Wildman–Crippen MR) is 69.9 cm³/mol.